The molecular formula is C15H21ClN4O. The van der Waals surface area contributed by atoms with E-state index in [0.29, 0.717) is 19.5 Å². The molecule has 114 valence electrons. The number of halogens is 1. The summed E-state index contributed by atoms with van der Waals surface area (Å²) in [6, 6.07) is 10.1. The third-order valence-corrected chi connectivity index (χ3v) is 3.02. The van der Waals surface area contributed by atoms with Crippen molar-refractivity contribution in [3.05, 3.63) is 53.9 Å². The molecule has 1 aromatic heterocycles. The van der Waals surface area contributed by atoms with Gasteiger partial charge in [-0.05, 0) is 24.2 Å². The molecule has 2 N–H and O–H groups in total. The quantitative estimate of drug-likeness (QED) is 0.816. The molecule has 21 heavy (non-hydrogen) atoms. The van der Waals surface area contributed by atoms with E-state index in [1.807, 2.05) is 36.1 Å². The van der Waals surface area contributed by atoms with E-state index in [2.05, 4.69) is 27.9 Å². The number of nitrogens with one attached hydrogen (secondary N) is 2. The van der Waals surface area contributed by atoms with Crippen molar-refractivity contribution in [1.82, 2.24) is 20.4 Å². The van der Waals surface area contributed by atoms with Crippen LogP contribution in [-0.4, -0.2) is 29.3 Å². The molecule has 1 amide bonds. The first-order valence-electron chi connectivity index (χ1n) is 6.74. The topological polar surface area (TPSA) is 59.0 Å². The lowest BCUT2D eigenvalue weighted by molar-refractivity contribution is -0.121. The Morgan fingerprint density at radius 2 is 1.95 bits per heavy atom. The molecule has 2 rings (SSSR count). The van der Waals surface area contributed by atoms with Crippen molar-refractivity contribution < 1.29 is 4.79 Å². The van der Waals surface area contributed by atoms with Crippen LogP contribution in [0.15, 0.2) is 42.7 Å². The summed E-state index contributed by atoms with van der Waals surface area (Å²) in [5.74, 6) is 0.0694. The van der Waals surface area contributed by atoms with Gasteiger partial charge in [0, 0.05) is 31.9 Å². The van der Waals surface area contributed by atoms with Crippen LogP contribution in [0.5, 0.6) is 0 Å². The first-order valence-corrected chi connectivity index (χ1v) is 6.74. The van der Waals surface area contributed by atoms with Crippen molar-refractivity contribution in [2.45, 2.75) is 19.5 Å². The van der Waals surface area contributed by atoms with Gasteiger partial charge < -0.3 is 10.6 Å². The molecule has 0 bridgehead atoms. The van der Waals surface area contributed by atoms with Crippen LogP contribution in [0.1, 0.15) is 17.5 Å². The lowest BCUT2D eigenvalue weighted by Gasteiger charge is -2.07. The van der Waals surface area contributed by atoms with Gasteiger partial charge in [-0.1, -0.05) is 24.3 Å². The van der Waals surface area contributed by atoms with Crippen molar-refractivity contribution in [1.29, 1.82) is 0 Å². The molecule has 0 aliphatic heterocycles. The normalized spacial score (nSPS) is 9.95. The van der Waals surface area contributed by atoms with Crippen molar-refractivity contribution in [3.8, 4) is 0 Å². The zero-order valence-electron chi connectivity index (χ0n) is 12.1. The van der Waals surface area contributed by atoms with Crippen LogP contribution in [0.4, 0.5) is 0 Å². The Hall–Kier alpha value is -1.85. The standard InChI is InChI=1S/C15H20N4O.ClH/c1-16-9-7-15(20)17-11-13-3-5-14(6-4-13)12-19-10-2-8-18-19;/h2-6,8,10,16H,7,9,11-12H2,1H3,(H,17,20);1H. The average Bonchev–Trinajstić information content (AvgIpc) is 2.97. The molecule has 6 heteroatoms. The number of hydrogen-bond donors (Lipinski definition) is 2. The number of aromatic nitrogens is 2. The molecular weight excluding hydrogens is 288 g/mol. The number of benzene rings is 1. The van der Waals surface area contributed by atoms with Crippen LogP contribution in [-0.2, 0) is 17.9 Å². The minimum absolute atomic E-state index is 0. The Labute approximate surface area is 131 Å². The monoisotopic (exact) mass is 308 g/mol. The Bertz CT molecular complexity index is 525. The third kappa shape index (κ3) is 5.97. The molecule has 0 saturated carbocycles. The molecule has 0 spiro atoms. The summed E-state index contributed by atoms with van der Waals surface area (Å²) < 4.78 is 1.88. The van der Waals surface area contributed by atoms with Gasteiger partial charge in [0.2, 0.25) is 5.91 Å². The predicted molar refractivity (Wildman–Crippen MR) is 85.4 cm³/mol. The average molecular weight is 309 g/mol. The van der Waals surface area contributed by atoms with E-state index in [0.717, 1.165) is 12.1 Å². The fraction of sp³-hybridized carbons (Fsp3) is 0.333. The molecule has 0 aliphatic rings. The maximum absolute atomic E-state index is 11.5. The minimum atomic E-state index is 0. The number of rotatable bonds is 7. The number of hydrogen-bond acceptors (Lipinski definition) is 3. The Morgan fingerprint density at radius 1 is 1.24 bits per heavy atom. The smallest absolute Gasteiger partial charge is 0.221 e. The van der Waals surface area contributed by atoms with Gasteiger partial charge >= 0.3 is 0 Å². The van der Waals surface area contributed by atoms with Crippen LogP contribution >= 0.6 is 12.4 Å². The van der Waals surface area contributed by atoms with Crippen LogP contribution < -0.4 is 10.6 Å². The second kappa shape index (κ2) is 9.15. The highest BCUT2D eigenvalue weighted by Crippen LogP contribution is 2.06. The van der Waals surface area contributed by atoms with Crippen LogP contribution in [0, 0.1) is 0 Å². The number of carbonyl (C=O) groups excluding carboxylic acids is 1. The van der Waals surface area contributed by atoms with E-state index >= 15 is 0 Å². The minimum Gasteiger partial charge on any atom is -0.352 e. The number of nitrogens with zero attached hydrogens (tertiary/aromatic N) is 2. The van der Waals surface area contributed by atoms with Crippen LogP contribution in [0.2, 0.25) is 0 Å². The maximum Gasteiger partial charge on any atom is 0.221 e. The second-order valence-corrected chi connectivity index (χ2v) is 4.65. The summed E-state index contributed by atoms with van der Waals surface area (Å²) in [6.07, 6.45) is 4.22. The lowest BCUT2D eigenvalue weighted by atomic mass is 10.1. The van der Waals surface area contributed by atoms with Crippen molar-refractivity contribution in [2.24, 2.45) is 0 Å². The number of amides is 1. The van der Waals surface area contributed by atoms with E-state index in [-0.39, 0.29) is 18.3 Å². The van der Waals surface area contributed by atoms with Gasteiger partial charge in [0.1, 0.15) is 0 Å². The summed E-state index contributed by atoms with van der Waals surface area (Å²) in [5.41, 5.74) is 2.30. The van der Waals surface area contributed by atoms with Gasteiger partial charge in [-0.25, -0.2) is 0 Å². The Morgan fingerprint density at radius 3 is 2.57 bits per heavy atom. The van der Waals surface area contributed by atoms with E-state index in [4.69, 9.17) is 0 Å². The summed E-state index contributed by atoms with van der Waals surface area (Å²) in [6.45, 7) is 2.04. The summed E-state index contributed by atoms with van der Waals surface area (Å²) >= 11 is 0. The molecule has 1 heterocycles. The molecule has 0 atom stereocenters. The molecule has 0 unspecified atom stereocenters. The van der Waals surface area contributed by atoms with Crippen LogP contribution in [0.25, 0.3) is 0 Å². The molecule has 0 saturated heterocycles. The summed E-state index contributed by atoms with van der Waals surface area (Å²) in [7, 11) is 1.84. The second-order valence-electron chi connectivity index (χ2n) is 4.65. The fourth-order valence-corrected chi connectivity index (χ4v) is 1.87. The Kier molecular flexibility index (Phi) is 7.50. The summed E-state index contributed by atoms with van der Waals surface area (Å²) in [5, 5.41) is 10.0. The first-order chi connectivity index (χ1) is 9.78. The molecule has 1 aromatic carbocycles. The van der Waals surface area contributed by atoms with E-state index in [1.165, 1.54) is 5.56 Å². The predicted octanol–water partition coefficient (Wildman–Crippen LogP) is 1.58. The zero-order chi connectivity index (χ0) is 14.2. The van der Waals surface area contributed by atoms with Gasteiger partial charge in [-0.2, -0.15) is 5.10 Å². The highest BCUT2D eigenvalue weighted by molar-refractivity contribution is 5.85. The van der Waals surface area contributed by atoms with E-state index in [9.17, 15) is 4.79 Å². The molecule has 0 fully saturated rings. The van der Waals surface area contributed by atoms with Crippen molar-refractivity contribution in [3.63, 3.8) is 0 Å². The van der Waals surface area contributed by atoms with Crippen LogP contribution in [0.3, 0.4) is 0 Å². The van der Waals surface area contributed by atoms with E-state index in [1.54, 1.807) is 6.20 Å². The summed E-state index contributed by atoms with van der Waals surface area (Å²) in [4.78, 5) is 11.5. The van der Waals surface area contributed by atoms with Crippen molar-refractivity contribution in [2.75, 3.05) is 13.6 Å². The third-order valence-electron chi connectivity index (χ3n) is 3.02. The SMILES string of the molecule is CNCCC(=O)NCc1ccc(Cn2cccn2)cc1.Cl. The fourth-order valence-electron chi connectivity index (χ4n) is 1.87. The highest BCUT2D eigenvalue weighted by Gasteiger charge is 2.01. The molecule has 0 radical (unpaired) electrons. The van der Waals surface area contributed by atoms with E-state index < -0.39 is 0 Å². The zero-order valence-corrected chi connectivity index (χ0v) is 12.9. The highest BCUT2D eigenvalue weighted by atomic mass is 35.5. The molecule has 5 nitrogen and oxygen atoms in total. The first kappa shape index (κ1) is 17.2. The lowest BCUT2D eigenvalue weighted by Crippen LogP contribution is -2.26. The molecule has 2 aromatic rings. The van der Waals surface area contributed by atoms with Gasteiger partial charge in [0.25, 0.3) is 0 Å². The largest absolute Gasteiger partial charge is 0.352 e. The van der Waals surface area contributed by atoms with Gasteiger partial charge in [-0.3, -0.25) is 9.48 Å². The number of carbonyl (C=O) groups is 1. The van der Waals surface area contributed by atoms with Gasteiger partial charge in [-0.15, -0.1) is 12.4 Å². The van der Waals surface area contributed by atoms with Gasteiger partial charge in [0.05, 0.1) is 6.54 Å². The molecule has 0 aliphatic carbocycles. The van der Waals surface area contributed by atoms with Gasteiger partial charge in [0.15, 0.2) is 0 Å². The maximum atomic E-state index is 11.5. The van der Waals surface area contributed by atoms with Crippen molar-refractivity contribution >= 4 is 18.3 Å². The Balaban J connectivity index is 0.00000220.